The Kier molecular flexibility index (Phi) is 5.91. The van der Waals surface area contributed by atoms with Gasteiger partial charge in [0.25, 0.3) is 0 Å². The minimum Gasteiger partial charge on any atom is -0.379 e. The Bertz CT molecular complexity index is 870. The maximum absolute atomic E-state index is 13.9. The molecule has 26 heavy (non-hydrogen) atoms. The molecule has 1 saturated heterocycles. The van der Waals surface area contributed by atoms with Gasteiger partial charge in [-0.2, -0.15) is 4.31 Å². The average Bonchev–Trinajstić information content (AvgIpc) is 2.65. The number of hydrogen-bond acceptors (Lipinski definition) is 5. The van der Waals surface area contributed by atoms with Crippen LogP contribution in [0.25, 0.3) is 0 Å². The van der Waals surface area contributed by atoms with Gasteiger partial charge >= 0.3 is 0 Å². The quantitative estimate of drug-likeness (QED) is 0.721. The summed E-state index contributed by atoms with van der Waals surface area (Å²) in [6, 6.07) is 6.37. The van der Waals surface area contributed by atoms with Crippen LogP contribution in [0.2, 0.25) is 0 Å². The summed E-state index contributed by atoms with van der Waals surface area (Å²) in [6.07, 6.45) is 1.29. The Balaban J connectivity index is 1.74. The van der Waals surface area contributed by atoms with Crippen LogP contribution >= 0.6 is 11.8 Å². The molecule has 3 rings (SSSR count). The molecule has 140 valence electrons. The molecular formula is C17H18F2N2O3S2. The number of nitrogens with zero attached hydrogens (tertiary/aromatic N) is 2. The van der Waals surface area contributed by atoms with E-state index >= 15 is 0 Å². The molecule has 9 heteroatoms. The molecule has 1 fully saturated rings. The lowest BCUT2D eigenvalue weighted by molar-refractivity contribution is 0.0730. The summed E-state index contributed by atoms with van der Waals surface area (Å²) >= 11 is 1.23. The van der Waals surface area contributed by atoms with Crippen LogP contribution in [0.4, 0.5) is 8.78 Å². The highest BCUT2D eigenvalue weighted by Gasteiger charge is 2.26. The molecule has 0 bridgehead atoms. The van der Waals surface area contributed by atoms with Crippen molar-refractivity contribution in [3.8, 4) is 0 Å². The Morgan fingerprint density at radius 1 is 1.19 bits per heavy atom. The fourth-order valence-corrected chi connectivity index (χ4v) is 4.88. The highest BCUT2D eigenvalue weighted by Crippen LogP contribution is 2.35. The SMILES string of the molecule is C[C@@H](Sc1ccc(S(=O)(=O)N2CCOCC2)cn1)c1cc(F)ccc1F. The normalized spacial score (nSPS) is 17.2. The van der Waals surface area contributed by atoms with E-state index in [4.69, 9.17) is 4.74 Å². The number of sulfonamides is 1. The van der Waals surface area contributed by atoms with Crippen molar-refractivity contribution in [3.05, 3.63) is 53.7 Å². The highest BCUT2D eigenvalue weighted by atomic mass is 32.2. The molecule has 2 aromatic rings. The lowest BCUT2D eigenvalue weighted by Gasteiger charge is -2.25. The molecule has 0 saturated carbocycles. The van der Waals surface area contributed by atoms with Gasteiger partial charge in [0, 0.05) is 30.1 Å². The van der Waals surface area contributed by atoms with Gasteiger partial charge in [-0.05, 0) is 37.3 Å². The third-order valence-electron chi connectivity index (χ3n) is 4.01. The molecule has 5 nitrogen and oxygen atoms in total. The molecule has 1 aromatic carbocycles. The second kappa shape index (κ2) is 7.99. The average molecular weight is 400 g/mol. The van der Waals surface area contributed by atoms with Gasteiger partial charge in [0.1, 0.15) is 16.5 Å². The monoisotopic (exact) mass is 400 g/mol. The van der Waals surface area contributed by atoms with Crippen molar-refractivity contribution in [3.63, 3.8) is 0 Å². The number of hydrogen-bond donors (Lipinski definition) is 0. The van der Waals surface area contributed by atoms with Crippen LogP contribution in [0.5, 0.6) is 0 Å². The van der Waals surface area contributed by atoms with E-state index in [0.717, 1.165) is 18.2 Å². The second-order valence-electron chi connectivity index (χ2n) is 5.77. The minimum atomic E-state index is -3.60. The molecule has 1 atom stereocenters. The van der Waals surface area contributed by atoms with E-state index in [9.17, 15) is 17.2 Å². The van der Waals surface area contributed by atoms with E-state index in [2.05, 4.69) is 4.98 Å². The van der Waals surface area contributed by atoms with Gasteiger partial charge in [0.05, 0.1) is 18.2 Å². The first kappa shape index (κ1) is 19.2. The lowest BCUT2D eigenvalue weighted by Crippen LogP contribution is -2.40. The summed E-state index contributed by atoms with van der Waals surface area (Å²) in [6.45, 7) is 3.11. The van der Waals surface area contributed by atoms with Gasteiger partial charge in [-0.25, -0.2) is 22.2 Å². The number of thioether (sulfide) groups is 1. The summed E-state index contributed by atoms with van der Waals surface area (Å²) in [5.41, 5.74) is 0.238. The molecule has 0 spiro atoms. The summed E-state index contributed by atoms with van der Waals surface area (Å²) in [5, 5.41) is 0.155. The smallest absolute Gasteiger partial charge is 0.244 e. The van der Waals surface area contributed by atoms with Crippen molar-refractivity contribution in [1.29, 1.82) is 0 Å². The zero-order valence-electron chi connectivity index (χ0n) is 14.1. The molecule has 1 aliphatic heterocycles. The third kappa shape index (κ3) is 4.22. The Labute approximate surface area is 155 Å². The van der Waals surface area contributed by atoms with Gasteiger partial charge in [-0.1, -0.05) is 11.8 Å². The van der Waals surface area contributed by atoms with E-state index in [-0.39, 0.29) is 15.7 Å². The largest absolute Gasteiger partial charge is 0.379 e. The number of aromatic nitrogens is 1. The molecule has 0 amide bonds. The van der Waals surface area contributed by atoms with Crippen molar-refractivity contribution in [2.24, 2.45) is 0 Å². The van der Waals surface area contributed by atoms with Crippen LogP contribution in [0.3, 0.4) is 0 Å². The number of rotatable bonds is 5. The fourth-order valence-electron chi connectivity index (χ4n) is 2.60. The number of halogens is 2. The van der Waals surface area contributed by atoms with Crippen LogP contribution in [0, 0.1) is 11.6 Å². The summed E-state index contributed by atoms with van der Waals surface area (Å²) < 4.78 is 58.8. The number of morpholine rings is 1. The Morgan fingerprint density at radius 2 is 1.92 bits per heavy atom. The van der Waals surface area contributed by atoms with E-state index in [1.165, 1.54) is 28.3 Å². The molecule has 0 radical (unpaired) electrons. The second-order valence-corrected chi connectivity index (χ2v) is 9.07. The molecule has 0 aliphatic carbocycles. The predicted molar refractivity (Wildman–Crippen MR) is 94.4 cm³/mol. The summed E-state index contributed by atoms with van der Waals surface area (Å²) in [5.74, 6) is -0.994. The van der Waals surface area contributed by atoms with Crippen molar-refractivity contribution < 1.29 is 21.9 Å². The first-order valence-electron chi connectivity index (χ1n) is 8.03. The van der Waals surface area contributed by atoms with Crippen molar-refractivity contribution >= 4 is 21.8 Å². The van der Waals surface area contributed by atoms with E-state index < -0.39 is 21.7 Å². The zero-order valence-corrected chi connectivity index (χ0v) is 15.7. The van der Waals surface area contributed by atoms with Crippen LogP contribution in [-0.2, 0) is 14.8 Å². The lowest BCUT2D eigenvalue weighted by atomic mass is 10.1. The van der Waals surface area contributed by atoms with Gasteiger partial charge < -0.3 is 4.74 Å². The molecule has 1 aliphatic rings. The van der Waals surface area contributed by atoms with Crippen molar-refractivity contribution in [2.75, 3.05) is 26.3 Å². The highest BCUT2D eigenvalue weighted by molar-refractivity contribution is 7.99. The topological polar surface area (TPSA) is 59.5 Å². The van der Waals surface area contributed by atoms with E-state index in [1.54, 1.807) is 13.0 Å². The molecule has 0 N–H and O–H groups in total. The first-order valence-corrected chi connectivity index (χ1v) is 10.4. The van der Waals surface area contributed by atoms with Crippen molar-refractivity contribution in [1.82, 2.24) is 9.29 Å². The maximum atomic E-state index is 13.9. The van der Waals surface area contributed by atoms with Gasteiger partial charge in [0.15, 0.2) is 0 Å². The summed E-state index contributed by atoms with van der Waals surface area (Å²) in [7, 11) is -3.60. The van der Waals surface area contributed by atoms with E-state index in [1.807, 2.05) is 0 Å². The minimum absolute atomic E-state index is 0.105. The Morgan fingerprint density at radius 3 is 2.58 bits per heavy atom. The van der Waals surface area contributed by atoms with Gasteiger partial charge in [-0.3, -0.25) is 0 Å². The number of ether oxygens (including phenoxy) is 1. The Hall–Kier alpha value is -1.55. The van der Waals surface area contributed by atoms with Crippen LogP contribution < -0.4 is 0 Å². The number of pyridine rings is 1. The van der Waals surface area contributed by atoms with Gasteiger partial charge in [0.2, 0.25) is 10.0 Å². The zero-order chi connectivity index (χ0) is 18.7. The third-order valence-corrected chi connectivity index (χ3v) is 6.98. The predicted octanol–water partition coefficient (Wildman–Crippen LogP) is 3.23. The maximum Gasteiger partial charge on any atom is 0.244 e. The van der Waals surface area contributed by atoms with Crippen molar-refractivity contribution in [2.45, 2.75) is 22.1 Å². The van der Waals surface area contributed by atoms with Crippen LogP contribution in [-0.4, -0.2) is 44.0 Å². The molecule has 2 heterocycles. The van der Waals surface area contributed by atoms with Crippen LogP contribution in [0.15, 0.2) is 46.5 Å². The number of benzene rings is 1. The standard InChI is InChI=1S/C17H18F2N2O3S2/c1-12(15-10-13(18)2-4-16(15)19)25-17-5-3-14(11-20-17)26(22,23)21-6-8-24-9-7-21/h2-5,10-12H,6-9H2,1H3/t12-/m1/s1. The van der Waals surface area contributed by atoms with Gasteiger partial charge in [-0.15, -0.1) is 0 Å². The first-order chi connectivity index (χ1) is 12.4. The van der Waals surface area contributed by atoms with Crippen LogP contribution in [0.1, 0.15) is 17.7 Å². The molecule has 1 aromatic heterocycles. The molecule has 0 unspecified atom stereocenters. The van der Waals surface area contributed by atoms with E-state index in [0.29, 0.717) is 31.3 Å². The fraction of sp³-hybridized carbons (Fsp3) is 0.353. The molecular weight excluding hydrogens is 382 g/mol. The summed E-state index contributed by atoms with van der Waals surface area (Å²) in [4.78, 5) is 4.27.